The van der Waals surface area contributed by atoms with E-state index in [0.717, 1.165) is 111 Å². The van der Waals surface area contributed by atoms with Gasteiger partial charge in [-0.15, -0.1) is 0 Å². The van der Waals surface area contributed by atoms with Crippen LogP contribution in [-0.4, -0.2) is 19.5 Å². The van der Waals surface area contributed by atoms with Crippen LogP contribution in [0.5, 0.6) is 0 Å². The first kappa shape index (κ1) is 46.9. The molecule has 14 aromatic rings. The van der Waals surface area contributed by atoms with Crippen molar-refractivity contribution in [1.82, 2.24) is 19.5 Å². The van der Waals surface area contributed by atoms with Gasteiger partial charge in [0.1, 0.15) is 0 Å². The molecule has 2 heterocycles. The van der Waals surface area contributed by atoms with Crippen LogP contribution in [0.3, 0.4) is 0 Å². The van der Waals surface area contributed by atoms with Gasteiger partial charge in [0.15, 0.2) is 17.5 Å². The standard InChI is InChI=1S/C75H50N4/c1-8-22-51(23-9-1)56-36-38-59(39-37-56)73-76-74(64-45-62(54-28-14-4-15-29-54)44-63(46-64)55-30-16-5-17-31-55)78-75(77-73)65-47-68(57-32-18-6-19-33-57)72(69(48-65)58-34-20-7-21-35-58)79-70-49-60(52-24-10-2-11-25-52)40-42-66(70)67-43-41-61(50-71(67)79)53-26-12-3-13-27-53/h1-50H. The molecule has 0 fully saturated rings. The maximum Gasteiger partial charge on any atom is 0.164 e. The fourth-order valence-electron chi connectivity index (χ4n) is 11.1. The number of rotatable bonds is 11. The van der Waals surface area contributed by atoms with Crippen LogP contribution in [0.4, 0.5) is 0 Å². The maximum absolute atomic E-state index is 5.56. The van der Waals surface area contributed by atoms with E-state index in [-0.39, 0.29) is 0 Å². The number of fused-ring (bicyclic) bond motifs is 3. The molecule has 0 saturated carbocycles. The number of aromatic nitrogens is 4. The van der Waals surface area contributed by atoms with Crippen LogP contribution in [0.1, 0.15) is 0 Å². The number of hydrogen-bond acceptors (Lipinski definition) is 3. The molecule has 0 saturated heterocycles. The van der Waals surface area contributed by atoms with E-state index in [1.165, 1.54) is 10.8 Å². The zero-order valence-electron chi connectivity index (χ0n) is 43.2. The van der Waals surface area contributed by atoms with E-state index in [0.29, 0.717) is 17.5 Å². The minimum Gasteiger partial charge on any atom is -0.308 e. The Hall–Kier alpha value is -10.6. The Kier molecular flexibility index (Phi) is 12.2. The van der Waals surface area contributed by atoms with Crippen LogP contribution >= 0.6 is 0 Å². The molecule has 0 aliphatic heterocycles. The van der Waals surface area contributed by atoms with E-state index < -0.39 is 0 Å². The first-order valence-electron chi connectivity index (χ1n) is 26.8. The molecule has 0 aliphatic rings. The molecule has 12 aromatic carbocycles. The van der Waals surface area contributed by atoms with E-state index in [4.69, 9.17) is 15.0 Å². The Morgan fingerprint density at radius 1 is 0.190 bits per heavy atom. The molecule has 370 valence electrons. The summed E-state index contributed by atoms with van der Waals surface area (Å²) in [5.74, 6) is 1.74. The van der Waals surface area contributed by atoms with Crippen molar-refractivity contribution in [2.24, 2.45) is 0 Å². The molecule has 4 nitrogen and oxygen atoms in total. The Balaban J connectivity index is 1.06. The second-order valence-corrected chi connectivity index (χ2v) is 20.0. The highest BCUT2D eigenvalue weighted by Gasteiger charge is 2.24. The lowest BCUT2D eigenvalue weighted by molar-refractivity contribution is 1.07. The zero-order valence-corrected chi connectivity index (χ0v) is 43.2. The molecular weight excluding hydrogens is 957 g/mol. The van der Waals surface area contributed by atoms with Gasteiger partial charge in [-0.05, 0) is 109 Å². The molecule has 0 N–H and O–H groups in total. The van der Waals surface area contributed by atoms with Crippen molar-refractivity contribution in [3.05, 3.63) is 303 Å². The lowest BCUT2D eigenvalue weighted by Gasteiger charge is -2.21. The van der Waals surface area contributed by atoms with Crippen molar-refractivity contribution >= 4 is 21.8 Å². The lowest BCUT2D eigenvalue weighted by Crippen LogP contribution is -2.04. The molecule has 4 heteroatoms. The molecule has 2 aromatic heterocycles. The third-order valence-corrected chi connectivity index (χ3v) is 15.0. The summed E-state index contributed by atoms with van der Waals surface area (Å²) in [5.41, 5.74) is 21.4. The maximum atomic E-state index is 5.56. The summed E-state index contributed by atoms with van der Waals surface area (Å²) in [6.45, 7) is 0. The van der Waals surface area contributed by atoms with Crippen molar-refractivity contribution in [3.63, 3.8) is 0 Å². The van der Waals surface area contributed by atoms with Gasteiger partial charge in [0.2, 0.25) is 0 Å². The van der Waals surface area contributed by atoms with Crippen LogP contribution in [0, 0.1) is 0 Å². The number of nitrogens with zero attached hydrogens (tertiary/aromatic N) is 4. The topological polar surface area (TPSA) is 43.6 Å². The SMILES string of the molecule is c1ccc(-c2ccc(-c3nc(-c4cc(-c5ccccc5)cc(-c5ccccc5)c4)nc(-c4cc(-c5ccccc5)c(-n5c6cc(-c7ccccc7)ccc6c6ccc(-c7ccccc7)cc65)c(-c5ccccc5)c4)n3)cc2)cc1. The van der Waals surface area contributed by atoms with Gasteiger partial charge >= 0.3 is 0 Å². The average Bonchev–Trinajstić information content (AvgIpc) is 4.14. The summed E-state index contributed by atoms with van der Waals surface area (Å²) in [6.07, 6.45) is 0. The second-order valence-electron chi connectivity index (χ2n) is 20.0. The molecule has 0 spiro atoms. The van der Waals surface area contributed by atoms with Gasteiger partial charge < -0.3 is 4.57 Å². The highest BCUT2D eigenvalue weighted by atomic mass is 15.0. The monoisotopic (exact) mass is 1010 g/mol. The van der Waals surface area contributed by atoms with Gasteiger partial charge in [-0.25, -0.2) is 15.0 Å². The van der Waals surface area contributed by atoms with Crippen molar-refractivity contribution in [2.75, 3.05) is 0 Å². The highest BCUT2D eigenvalue weighted by Crippen LogP contribution is 2.46. The van der Waals surface area contributed by atoms with Crippen LogP contribution in [0.2, 0.25) is 0 Å². The van der Waals surface area contributed by atoms with Crippen molar-refractivity contribution in [2.45, 2.75) is 0 Å². The molecular formula is C75H50N4. The quantitative estimate of drug-likeness (QED) is 0.130. The van der Waals surface area contributed by atoms with Gasteiger partial charge in [0.05, 0.1) is 16.7 Å². The van der Waals surface area contributed by atoms with Gasteiger partial charge in [0.25, 0.3) is 0 Å². The lowest BCUT2D eigenvalue weighted by atomic mass is 9.92. The summed E-state index contributed by atoms with van der Waals surface area (Å²) >= 11 is 0. The van der Waals surface area contributed by atoms with E-state index >= 15 is 0 Å². The number of hydrogen-bond donors (Lipinski definition) is 0. The summed E-state index contributed by atoms with van der Waals surface area (Å²) in [4.78, 5) is 16.4. The van der Waals surface area contributed by atoms with Crippen LogP contribution in [0.15, 0.2) is 303 Å². The van der Waals surface area contributed by atoms with E-state index in [2.05, 4.69) is 302 Å². The Morgan fingerprint density at radius 3 is 0.835 bits per heavy atom. The van der Waals surface area contributed by atoms with Gasteiger partial charge in [0, 0.05) is 38.6 Å². The highest BCUT2D eigenvalue weighted by molar-refractivity contribution is 6.12. The van der Waals surface area contributed by atoms with Gasteiger partial charge in [-0.2, -0.15) is 0 Å². The summed E-state index contributed by atoms with van der Waals surface area (Å²) < 4.78 is 2.51. The van der Waals surface area contributed by atoms with Crippen LogP contribution < -0.4 is 0 Å². The van der Waals surface area contributed by atoms with E-state index in [9.17, 15) is 0 Å². The first-order valence-corrected chi connectivity index (χ1v) is 26.8. The number of benzene rings is 12. The Morgan fingerprint density at radius 2 is 0.456 bits per heavy atom. The Bertz CT molecular complexity index is 4250. The third-order valence-electron chi connectivity index (χ3n) is 15.0. The molecule has 79 heavy (non-hydrogen) atoms. The van der Waals surface area contributed by atoms with Gasteiger partial charge in [-0.1, -0.05) is 261 Å². The van der Waals surface area contributed by atoms with Crippen LogP contribution in [0.25, 0.3) is 140 Å². The molecule has 0 unspecified atom stereocenters. The molecule has 0 radical (unpaired) electrons. The molecule has 0 aliphatic carbocycles. The van der Waals surface area contributed by atoms with E-state index in [1.54, 1.807) is 0 Å². The van der Waals surface area contributed by atoms with Crippen LogP contribution in [-0.2, 0) is 0 Å². The summed E-state index contributed by atoms with van der Waals surface area (Å²) in [7, 11) is 0. The summed E-state index contributed by atoms with van der Waals surface area (Å²) in [6, 6.07) is 108. The van der Waals surface area contributed by atoms with Crippen molar-refractivity contribution in [3.8, 4) is 118 Å². The fraction of sp³-hybridized carbons (Fsp3) is 0. The predicted octanol–water partition coefficient (Wildman–Crippen LogP) is 19.6. The molecule has 0 amide bonds. The smallest absolute Gasteiger partial charge is 0.164 e. The average molecular weight is 1010 g/mol. The molecule has 0 bridgehead atoms. The minimum atomic E-state index is 0.569. The fourth-order valence-corrected chi connectivity index (χ4v) is 11.1. The zero-order chi connectivity index (χ0) is 52.5. The largest absolute Gasteiger partial charge is 0.308 e. The van der Waals surface area contributed by atoms with Gasteiger partial charge in [-0.3, -0.25) is 0 Å². The summed E-state index contributed by atoms with van der Waals surface area (Å²) in [5, 5.41) is 2.35. The molecule has 0 atom stereocenters. The van der Waals surface area contributed by atoms with E-state index in [1.807, 2.05) is 6.07 Å². The molecule has 14 rings (SSSR count). The Labute approximate surface area is 460 Å². The minimum absolute atomic E-state index is 0.569. The first-order chi connectivity index (χ1) is 39.1. The third kappa shape index (κ3) is 9.18. The normalized spacial score (nSPS) is 11.3. The predicted molar refractivity (Wildman–Crippen MR) is 329 cm³/mol. The van der Waals surface area contributed by atoms with Crippen molar-refractivity contribution in [1.29, 1.82) is 0 Å². The second kappa shape index (κ2) is 20.5. The van der Waals surface area contributed by atoms with Crippen molar-refractivity contribution < 1.29 is 0 Å².